The summed E-state index contributed by atoms with van der Waals surface area (Å²) in [7, 11) is 0. The molecule has 0 amide bonds. The SMILES string of the molecule is CC(C)(C)C(=O)c1ccc(N)nc1. The van der Waals surface area contributed by atoms with Gasteiger partial charge in [-0.05, 0) is 12.1 Å². The van der Waals surface area contributed by atoms with Crippen LogP contribution in [0.25, 0.3) is 0 Å². The highest BCUT2D eigenvalue weighted by Crippen LogP contribution is 2.20. The van der Waals surface area contributed by atoms with Gasteiger partial charge in [-0.25, -0.2) is 4.98 Å². The first kappa shape index (κ1) is 9.71. The summed E-state index contributed by atoms with van der Waals surface area (Å²) in [5.41, 5.74) is 5.66. The molecule has 0 saturated carbocycles. The van der Waals surface area contributed by atoms with Gasteiger partial charge in [0.05, 0.1) is 0 Å². The molecular formula is C10H14N2O. The lowest BCUT2D eigenvalue weighted by atomic mass is 9.87. The van der Waals surface area contributed by atoms with Crippen molar-refractivity contribution in [3.8, 4) is 0 Å². The molecule has 0 aliphatic rings. The van der Waals surface area contributed by atoms with E-state index in [2.05, 4.69) is 4.98 Å². The summed E-state index contributed by atoms with van der Waals surface area (Å²) in [4.78, 5) is 15.6. The first-order chi connectivity index (χ1) is 5.91. The molecule has 0 aromatic carbocycles. The molecule has 0 bridgehead atoms. The highest BCUT2D eigenvalue weighted by atomic mass is 16.1. The third-order valence-corrected chi connectivity index (χ3v) is 1.73. The van der Waals surface area contributed by atoms with Gasteiger partial charge in [0, 0.05) is 17.2 Å². The molecule has 0 spiro atoms. The Morgan fingerprint density at radius 1 is 1.38 bits per heavy atom. The second kappa shape index (κ2) is 3.17. The Morgan fingerprint density at radius 2 is 2.00 bits per heavy atom. The number of rotatable bonds is 1. The lowest BCUT2D eigenvalue weighted by molar-refractivity contribution is 0.0858. The molecule has 0 saturated heterocycles. The minimum absolute atomic E-state index is 0.0833. The number of Topliss-reactive ketones (excluding diaryl/α,β-unsaturated/α-hetero) is 1. The Morgan fingerprint density at radius 3 is 2.38 bits per heavy atom. The molecule has 0 radical (unpaired) electrons. The second-order valence-corrected chi connectivity index (χ2v) is 4.05. The van der Waals surface area contributed by atoms with E-state index in [4.69, 9.17) is 5.73 Å². The molecule has 1 aromatic rings. The minimum Gasteiger partial charge on any atom is -0.384 e. The summed E-state index contributed by atoms with van der Waals surface area (Å²) in [5.74, 6) is 0.519. The average Bonchev–Trinajstić information content (AvgIpc) is 2.03. The van der Waals surface area contributed by atoms with Gasteiger partial charge >= 0.3 is 0 Å². The summed E-state index contributed by atoms with van der Waals surface area (Å²) < 4.78 is 0. The largest absolute Gasteiger partial charge is 0.384 e. The fourth-order valence-corrected chi connectivity index (χ4v) is 0.973. The lowest BCUT2D eigenvalue weighted by Gasteiger charge is -2.15. The lowest BCUT2D eigenvalue weighted by Crippen LogP contribution is -2.20. The maximum absolute atomic E-state index is 11.7. The van der Waals surface area contributed by atoms with Crippen LogP contribution >= 0.6 is 0 Å². The first-order valence-corrected chi connectivity index (χ1v) is 4.17. The highest BCUT2D eigenvalue weighted by molar-refractivity contribution is 5.99. The molecule has 1 aromatic heterocycles. The van der Waals surface area contributed by atoms with Crippen molar-refractivity contribution in [1.82, 2.24) is 4.98 Å². The predicted octanol–water partition coefficient (Wildman–Crippen LogP) is 1.89. The van der Waals surface area contributed by atoms with Crippen LogP contribution in [0, 0.1) is 5.41 Å². The van der Waals surface area contributed by atoms with Crippen molar-refractivity contribution in [1.29, 1.82) is 0 Å². The summed E-state index contributed by atoms with van der Waals surface area (Å²) >= 11 is 0. The number of pyridine rings is 1. The Kier molecular flexibility index (Phi) is 2.36. The van der Waals surface area contributed by atoms with Crippen LogP contribution in [0.2, 0.25) is 0 Å². The maximum Gasteiger partial charge on any atom is 0.169 e. The number of ketones is 1. The van der Waals surface area contributed by atoms with Gasteiger partial charge in [-0.2, -0.15) is 0 Å². The summed E-state index contributed by atoms with van der Waals surface area (Å²) in [6.07, 6.45) is 1.52. The minimum atomic E-state index is -0.363. The van der Waals surface area contributed by atoms with Gasteiger partial charge in [-0.3, -0.25) is 4.79 Å². The third-order valence-electron chi connectivity index (χ3n) is 1.73. The standard InChI is InChI=1S/C10H14N2O/c1-10(2,3)9(13)7-4-5-8(11)12-6-7/h4-6H,1-3H3,(H2,11,12). The number of hydrogen-bond donors (Lipinski definition) is 1. The molecule has 1 heterocycles. The Balaban J connectivity index is 2.97. The van der Waals surface area contributed by atoms with Gasteiger partial charge < -0.3 is 5.73 Å². The van der Waals surface area contributed by atoms with Crippen LogP contribution in [0.1, 0.15) is 31.1 Å². The predicted molar refractivity (Wildman–Crippen MR) is 52.4 cm³/mol. The number of nitrogen functional groups attached to an aromatic ring is 1. The zero-order valence-corrected chi connectivity index (χ0v) is 8.16. The van der Waals surface area contributed by atoms with Crippen molar-refractivity contribution >= 4 is 11.6 Å². The van der Waals surface area contributed by atoms with Crippen LogP contribution in [0.4, 0.5) is 5.82 Å². The molecule has 13 heavy (non-hydrogen) atoms. The maximum atomic E-state index is 11.7. The molecule has 1 rings (SSSR count). The Bertz CT molecular complexity index is 309. The van der Waals surface area contributed by atoms with Gasteiger partial charge in [-0.15, -0.1) is 0 Å². The molecule has 70 valence electrons. The van der Waals surface area contributed by atoms with E-state index in [0.29, 0.717) is 11.4 Å². The van der Waals surface area contributed by atoms with Crippen LogP contribution < -0.4 is 5.73 Å². The fourth-order valence-electron chi connectivity index (χ4n) is 0.973. The molecule has 0 aliphatic heterocycles. The summed E-state index contributed by atoms with van der Waals surface area (Å²) in [5, 5.41) is 0. The molecule has 2 N–H and O–H groups in total. The van der Waals surface area contributed by atoms with Gasteiger partial charge in [0.15, 0.2) is 5.78 Å². The van der Waals surface area contributed by atoms with Crippen LogP contribution in [-0.2, 0) is 0 Å². The van der Waals surface area contributed by atoms with E-state index in [1.54, 1.807) is 12.1 Å². The van der Waals surface area contributed by atoms with Gasteiger partial charge in [0.2, 0.25) is 0 Å². The molecular weight excluding hydrogens is 164 g/mol. The number of nitrogens with two attached hydrogens (primary N) is 1. The number of anilines is 1. The van der Waals surface area contributed by atoms with Crippen LogP contribution in [0.15, 0.2) is 18.3 Å². The van der Waals surface area contributed by atoms with E-state index in [-0.39, 0.29) is 11.2 Å². The average molecular weight is 178 g/mol. The molecule has 0 unspecified atom stereocenters. The van der Waals surface area contributed by atoms with Gasteiger partial charge in [0.1, 0.15) is 5.82 Å². The fraction of sp³-hybridized carbons (Fsp3) is 0.400. The van der Waals surface area contributed by atoms with Crippen molar-refractivity contribution in [3.05, 3.63) is 23.9 Å². The van der Waals surface area contributed by atoms with E-state index >= 15 is 0 Å². The van der Waals surface area contributed by atoms with Crippen LogP contribution in [-0.4, -0.2) is 10.8 Å². The van der Waals surface area contributed by atoms with E-state index in [1.165, 1.54) is 6.20 Å². The second-order valence-electron chi connectivity index (χ2n) is 4.05. The van der Waals surface area contributed by atoms with Crippen molar-refractivity contribution < 1.29 is 4.79 Å². The molecule has 3 nitrogen and oxygen atoms in total. The van der Waals surface area contributed by atoms with Crippen molar-refractivity contribution in [2.45, 2.75) is 20.8 Å². The number of carbonyl (C=O) groups is 1. The van der Waals surface area contributed by atoms with E-state index < -0.39 is 0 Å². The summed E-state index contributed by atoms with van der Waals surface area (Å²) in [6.45, 7) is 5.64. The van der Waals surface area contributed by atoms with Crippen LogP contribution in [0.3, 0.4) is 0 Å². The smallest absolute Gasteiger partial charge is 0.169 e. The zero-order valence-electron chi connectivity index (χ0n) is 8.16. The van der Waals surface area contributed by atoms with Crippen LogP contribution in [0.5, 0.6) is 0 Å². The van der Waals surface area contributed by atoms with Gasteiger partial charge in [0.25, 0.3) is 0 Å². The zero-order chi connectivity index (χ0) is 10.1. The molecule has 0 atom stereocenters. The number of nitrogens with zero attached hydrogens (tertiary/aromatic N) is 1. The number of aromatic nitrogens is 1. The Labute approximate surface area is 78.0 Å². The number of carbonyl (C=O) groups excluding carboxylic acids is 1. The molecule has 0 fully saturated rings. The number of hydrogen-bond acceptors (Lipinski definition) is 3. The molecule has 3 heteroatoms. The monoisotopic (exact) mass is 178 g/mol. The normalized spacial score (nSPS) is 11.3. The van der Waals surface area contributed by atoms with E-state index in [9.17, 15) is 4.79 Å². The van der Waals surface area contributed by atoms with E-state index in [1.807, 2.05) is 20.8 Å². The quantitative estimate of drug-likeness (QED) is 0.668. The van der Waals surface area contributed by atoms with Crippen molar-refractivity contribution in [3.63, 3.8) is 0 Å². The highest BCUT2D eigenvalue weighted by Gasteiger charge is 2.22. The first-order valence-electron chi connectivity index (χ1n) is 4.17. The molecule has 0 aliphatic carbocycles. The summed E-state index contributed by atoms with van der Waals surface area (Å²) in [6, 6.07) is 3.34. The third kappa shape index (κ3) is 2.28. The van der Waals surface area contributed by atoms with Crippen molar-refractivity contribution in [2.75, 3.05) is 5.73 Å². The van der Waals surface area contributed by atoms with Crippen molar-refractivity contribution in [2.24, 2.45) is 5.41 Å². The Hall–Kier alpha value is -1.38. The topological polar surface area (TPSA) is 56.0 Å². The van der Waals surface area contributed by atoms with E-state index in [0.717, 1.165) is 0 Å². The van der Waals surface area contributed by atoms with Gasteiger partial charge in [-0.1, -0.05) is 20.8 Å².